The highest BCUT2D eigenvalue weighted by Gasteiger charge is 2.02. The van der Waals surface area contributed by atoms with E-state index in [0.717, 1.165) is 22.6 Å². The van der Waals surface area contributed by atoms with Gasteiger partial charge in [-0.1, -0.05) is 65.7 Å². The Morgan fingerprint density at radius 3 is 2.29 bits per heavy atom. The van der Waals surface area contributed by atoms with Gasteiger partial charge in [-0.3, -0.25) is 0 Å². The molecule has 1 N–H and O–H groups in total. The van der Waals surface area contributed by atoms with E-state index in [1.54, 1.807) is 12.1 Å². The largest absolute Gasteiger partial charge is 0.489 e. The zero-order chi connectivity index (χ0) is 16.8. The van der Waals surface area contributed by atoms with Gasteiger partial charge in [0, 0.05) is 11.6 Å². The first-order valence-corrected chi connectivity index (χ1v) is 8.41. The standard InChI is InChI=1S/C20H17Cl2NO/c21-17-8-11-19(22)20(12-17)23-13-15-6-9-18(10-7-15)24-14-16-4-2-1-3-5-16/h1-12,23H,13-14H2. The summed E-state index contributed by atoms with van der Waals surface area (Å²) in [7, 11) is 0. The fraction of sp³-hybridized carbons (Fsp3) is 0.100. The molecule has 2 nitrogen and oxygen atoms in total. The van der Waals surface area contributed by atoms with Crippen LogP contribution in [0.2, 0.25) is 10.0 Å². The molecule has 0 aliphatic rings. The zero-order valence-corrected chi connectivity index (χ0v) is 14.5. The maximum atomic E-state index is 6.15. The molecule has 122 valence electrons. The van der Waals surface area contributed by atoms with Crippen molar-refractivity contribution in [1.82, 2.24) is 0 Å². The number of halogens is 2. The minimum atomic E-state index is 0.566. The van der Waals surface area contributed by atoms with E-state index >= 15 is 0 Å². The highest BCUT2D eigenvalue weighted by atomic mass is 35.5. The third-order valence-electron chi connectivity index (χ3n) is 3.58. The van der Waals surface area contributed by atoms with E-state index in [1.165, 1.54) is 0 Å². The van der Waals surface area contributed by atoms with Crippen molar-refractivity contribution in [3.63, 3.8) is 0 Å². The Morgan fingerprint density at radius 2 is 1.54 bits per heavy atom. The van der Waals surface area contributed by atoms with Crippen LogP contribution in [-0.4, -0.2) is 0 Å². The molecule has 0 radical (unpaired) electrons. The maximum Gasteiger partial charge on any atom is 0.119 e. The molecule has 4 heteroatoms. The summed E-state index contributed by atoms with van der Waals surface area (Å²) in [6, 6.07) is 23.5. The lowest BCUT2D eigenvalue weighted by Gasteiger charge is -2.10. The summed E-state index contributed by atoms with van der Waals surface area (Å²) in [5, 5.41) is 4.60. The van der Waals surface area contributed by atoms with Crippen molar-refractivity contribution in [2.45, 2.75) is 13.2 Å². The predicted octanol–water partition coefficient (Wildman–Crippen LogP) is 6.18. The molecule has 3 rings (SSSR count). The Kier molecular flexibility index (Phi) is 5.63. The molecule has 24 heavy (non-hydrogen) atoms. The van der Waals surface area contributed by atoms with Crippen LogP contribution in [0.5, 0.6) is 5.75 Å². The van der Waals surface area contributed by atoms with Crippen molar-refractivity contribution >= 4 is 28.9 Å². The van der Waals surface area contributed by atoms with Crippen LogP contribution >= 0.6 is 23.2 Å². The minimum Gasteiger partial charge on any atom is -0.489 e. The van der Waals surface area contributed by atoms with Gasteiger partial charge in [0.2, 0.25) is 0 Å². The Bertz CT molecular complexity index is 788. The Hall–Kier alpha value is -2.16. The second-order valence-corrected chi connectivity index (χ2v) is 6.24. The summed E-state index contributed by atoms with van der Waals surface area (Å²) in [6.07, 6.45) is 0. The molecule has 0 aliphatic heterocycles. The highest BCUT2D eigenvalue weighted by molar-refractivity contribution is 6.35. The second kappa shape index (κ2) is 8.09. The van der Waals surface area contributed by atoms with Gasteiger partial charge in [-0.15, -0.1) is 0 Å². The molecule has 0 heterocycles. The van der Waals surface area contributed by atoms with Gasteiger partial charge in [0.1, 0.15) is 12.4 Å². The highest BCUT2D eigenvalue weighted by Crippen LogP contribution is 2.26. The van der Waals surface area contributed by atoms with Gasteiger partial charge in [0.25, 0.3) is 0 Å². The third kappa shape index (κ3) is 4.67. The molecule has 3 aromatic rings. The van der Waals surface area contributed by atoms with E-state index in [9.17, 15) is 0 Å². The van der Waals surface area contributed by atoms with E-state index in [0.29, 0.717) is 23.2 Å². The number of nitrogens with one attached hydrogen (secondary N) is 1. The average Bonchev–Trinajstić information content (AvgIpc) is 2.62. The monoisotopic (exact) mass is 357 g/mol. The fourth-order valence-corrected chi connectivity index (χ4v) is 2.63. The first kappa shape index (κ1) is 16.7. The summed E-state index contributed by atoms with van der Waals surface area (Å²) in [4.78, 5) is 0. The van der Waals surface area contributed by atoms with Crippen molar-refractivity contribution in [2.75, 3.05) is 5.32 Å². The maximum absolute atomic E-state index is 6.15. The Labute approximate surface area is 152 Å². The lowest BCUT2D eigenvalue weighted by atomic mass is 10.2. The van der Waals surface area contributed by atoms with Gasteiger partial charge in [0.05, 0.1) is 10.7 Å². The van der Waals surface area contributed by atoms with E-state index in [2.05, 4.69) is 5.32 Å². The van der Waals surface area contributed by atoms with Crippen LogP contribution in [0.15, 0.2) is 72.8 Å². The summed E-state index contributed by atoms with van der Waals surface area (Å²) >= 11 is 12.1. The van der Waals surface area contributed by atoms with E-state index < -0.39 is 0 Å². The first-order valence-electron chi connectivity index (χ1n) is 7.65. The molecule has 0 spiro atoms. The number of hydrogen-bond acceptors (Lipinski definition) is 2. The minimum absolute atomic E-state index is 0.566. The van der Waals surface area contributed by atoms with Crippen LogP contribution in [-0.2, 0) is 13.2 Å². The van der Waals surface area contributed by atoms with Gasteiger partial charge in [-0.2, -0.15) is 0 Å². The number of benzene rings is 3. The summed E-state index contributed by atoms with van der Waals surface area (Å²) in [6.45, 7) is 1.23. The molecular formula is C20H17Cl2NO. The summed E-state index contributed by atoms with van der Waals surface area (Å²) < 4.78 is 5.79. The lowest BCUT2D eigenvalue weighted by Crippen LogP contribution is -2.00. The average molecular weight is 358 g/mol. The molecular weight excluding hydrogens is 341 g/mol. The molecule has 0 atom stereocenters. The van der Waals surface area contributed by atoms with Crippen molar-refractivity contribution in [1.29, 1.82) is 0 Å². The molecule has 0 bridgehead atoms. The summed E-state index contributed by atoms with van der Waals surface area (Å²) in [5.41, 5.74) is 3.12. The van der Waals surface area contributed by atoms with Gasteiger partial charge < -0.3 is 10.1 Å². The fourth-order valence-electron chi connectivity index (χ4n) is 2.27. The Morgan fingerprint density at radius 1 is 0.792 bits per heavy atom. The number of rotatable bonds is 6. The van der Waals surface area contributed by atoms with Crippen LogP contribution in [0.4, 0.5) is 5.69 Å². The molecule has 0 unspecified atom stereocenters. The van der Waals surface area contributed by atoms with Crippen LogP contribution < -0.4 is 10.1 Å². The second-order valence-electron chi connectivity index (χ2n) is 5.40. The zero-order valence-electron chi connectivity index (χ0n) is 13.0. The van der Waals surface area contributed by atoms with Crippen LogP contribution in [0, 0.1) is 0 Å². The van der Waals surface area contributed by atoms with Crippen molar-refractivity contribution in [2.24, 2.45) is 0 Å². The molecule has 0 aliphatic carbocycles. The normalized spacial score (nSPS) is 10.4. The lowest BCUT2D eigenvalue weighted by molar-refractivity contribution is 0.306. The SMILES string of the molecule is Clc1ccc(Cl)c(NCc2ccc(OCc3ccccc3)cc2)c1. The smallest absolute Gasteiger partial charge is 0.119 e. The van der Waals surface area contributed by atoms with E-state index in [-0.39, 0.29) is 0 Å². The molecule has 0 amide bonds. The number of ether oxygens (including phenoxy) is 1. The number of hydrogen-bond donors (Lipinski definition) is 1. The predicted molar refractivity (Wildman–Crippen MR) is 101 cm³/mol. The molecule has 0 fully saturated rings. The topological polar surface area (TPSA) is 21.3 Å². The van der Waals surface area contributed by atoms with Gasteiger partial charge in [0.15, 0.2) is 0 Å². The molecule has 3 aromatic carbocycles. The Balaban J connectivity index is 1.55. The first-order chi connectivity index (χ1) is 11.7. The van der Waals surface area contributed by atoms with E-state index in [1.807, 2.05) is 60.7 Å². The molecule has 0 saturated heterocycles. The summed E-state index contributed by atoms with van der Waals surface area (Å²) in [5.74, 6) is 0.850. The van der Waals surface area contributed by atoms with Crippen LogP contribution in [0.3, 0.4) is 0 Å². The van der Waals surface area contributed by atoms with Gasteiger partial charge in [-0.25, -0.2) is 0 Å². The quantitative estimate of drug-likeness (QED) is 0.568. The van der Waals surface area contributed by atoms with E-state index in [4.69, 9.17) is 27.9 Å². The third-order valence-corrected chi connectivity index (χ3v) is 4.15. The van der Waals surface area contributed by atoms with Gasteiger partial charge >= 0.3 is 0 Å². The van der Waals surface area contributed by atoms with Crippen LogP contribution in [0.1, 0.15) is 11.1 Å². The van der Waals surface area contributed by atoms with Crippen LogP contribution in [0.25, 0.3) is 0 Å². The number of anilines is 1. The van der Waals surface area contributed by atoms with Gasteiger partial charge in [-0.05, 0) is 41.5 Å². The van der Waals surface area contributed by atoms with Crippen molar-refractivity contribution < 1.29 is 4.74 Å². The molecule has 0 saturated carbocycles. The van der Waals surface area contributed by atoms with Crippen molar-refractivity contribution in [3.8, 4) is 5.75 Å². The van der Waals surface area contributed by atoms with Crippen molar-refractivity contribution in [3.05, 3.63) is 94.0 Å². The molecule has 0 aromatic heterocycles.